The molecule has 0 unspecified atom stereocenters. The van der Waals surface area contributed by atoms with E-state index in [-0.39, 0.29) is 29.9 Å². The van der Waals surface area contributed by atoms with E-state index >= 15 is 0 Å². The second kappa shape index (κ2) is 6.98. The number of halogens is 2. The molecular weight excluding hydrogens is 360 g/mol. The van der Waals surface area contributed by atoms with E-state index in [4.69, 9.17) is 15.2 Å². The summed E-state index contributed by atoms with van der Waals surface area (Å²) in [7, 11) is 0. The first kappa shape index (κ1) is 18.8. The number of amides is 2. The van der Waals surface area contributed by atoms with Crippen molar-refractivity contribution in [3.63, 3.8) is 0 Å². The molecule has 2 aromatic rings. The Morgan fingerprint density at radius 3 is 2.78 bits per heavy atom. The Morgan fingerprint density at radius 2 is 2.19 bits per heavy atom. The van der Waals surface area contributed by atoms with Gasteiger partial charge < -0.3 is 20.5 Å². The van der Waals surface area contributed by atoms with Gasteiger partial charge in [0, 0.05) is 18.0 Å². The maximum atomic E-state index is 13.3. The third kappa shape index (κ3) is 3.91. The van der Waals surface area contributed by atoms with Gasteiger partial charge in [-0.25, -0.2) is 4.98 Å². The number of primary amides is 1. The molecule has 1 aromatic heterocycles. The molecule has 3 rings (SSSR count). The topological polar surface area (TPSA) is 104 Å². The molecule has 1 fully saturated rings. The van der Waals surface area contributed by atoms with Crippen molar-refractivity contribution in [1.82, 2.24) is 10.3 Å². The molecule has 7 nitrogen and oxygen atoms in total. The molecule has 0 aliphatic carbocycles. The lowest BCUT2D eigenvalue weighted by molar-refractivity contribution is -0.139. The predicted octanol–water partition coefficient (Wildman–Crippen LogP) is 2.02. The Bertz CT molecular complexity index is 902. The van der Waals surface area contributed by atoms with Crippen LogP contribution in [0.5, 0.6) is 11.6 Å². The number of aromatic nitrogens is 1. The zero-order chi connectivity index (χ0) is 19.8. The minimum atomic E-state index is -3.39. The highest BCUT2D eigenvalue weighted by atomic mass is 19.3. The Kier molecular flexibility index (Phi) is 4.86. The SMILES string of the molecule is CC(C)Oc1cc2c(OC[C@@H]3CC(F)(F)C(=O)N3)nccc2cc1C(N)=O. The van der Waals surface area contributed by atoms with Crippen molar-refractivity contribution in [2.24, 2.45) is 5.73 Å². The minimum Gasteiger partial charge on any atom is -0.490 e. The Balaban J connectivity index is 1.89. The summed E-state index contributed by atoms with van der Waals surface area (Å²) in [5, 5.41) is 3.36. The summed E-state index contributed by atoms with van der Waals surface area (Å²) in [5.74, 6) is -4.87. The van der Waals surface area contributed by atoms with Crippen LogP contribution in [0, 0.1) is 0 Å². The number of nitrogens with zero attached hydrogens (tertiary/aromatic N) is 1. The Hall–Kier alpha value is -2.97. The van der Waals surface area contributed by atoms with Crippen molar-refractivity contribution >= 4 is 22.6 Å². The van der Waals surface area contributed by atoms with Crippen molar-refractivity contribution < 1.29 is 27.8 Å². The number of alkyl halides is 2. The number of carbonyl (C=O) groups is 2. The van der Waals surface area contributed by atoms with Crippen LogP contribution < -0.4 is 20.5 Å². The van der Waals surface area contributed by atoms with E-state index in [1.165, 1.54) is 6.20 Å². The minimum absolute atomic E-state index is 0.161. The number of nitrogens with one attached hydrogen (secondary N) is 1. The van der Waals surface area contributed by atoms with Gasteiger partial charge in [0.25, 0.3) is 11.8 Å². The van der Waals surface area contributed by atoms with Gasteiger partial charge in [0.1, 0.15) is 12.4 Å². The van der Waals surface area contributed by atoms with Crippen LogP contribution >= 0.6 is 0 Å². The zero-order valence-corrected chi connectivity index (χ0v) is 14.8. The second-order valence-electron chi connectivity index (χ2n) is 6.61. The number of rotatable bonds is 6. The monoisotopic (exact) mass is 379 g/mol. The van der Waals surface area contributed by atoms with Gasteiger partial charge in [0.2, 0.25) is 5.88 Å². The molecule has 2 heterocycles. The van der Waals surface area contributed by atoms with E-state index in [9.17, 15) is 18.4 Å². The van der Waals surface area contributed by atoms with Crippen molar-refractivity contribution in [2.45, 2.75) is 38.3 Å². The van der Waals surface area contributed by atoms with Crippen LogP contribution in [0.15, 0.2) is 24.4 Å². The third-order valence-electron chi connectivity index (χ3n) is 4.05. The molecule has 1 aromatic carbocycles. The van der Waals surface area contributed by atoms with Crippen LogP contribution in [0.25, 0.3) is 10.8 Å². The van der Waals surface area contributed by atoms with Crippen LogP contribution in [0.3, 0.4) is 0 Å². The van der Waals surface area contributed by atoms with Crippen molar-refractivity contribution in [1.29, 1.82) is 0 Å². The third-order valence-corrected chi connectivity index (χ3v) is 4.05. The van der Waals surface area contributed by atoms with Crippen molar-refractivity contribution in [2.75, 3.05) is 6.61 Å². The van der Waals surface area contributed by atoms with E-state index < -0.39 is 30.2 Å². The number of carbonyl (C=O) groups excluding carboxylic acids is 2. The van der Waals surface area contributed by atoms with E-state index in [0.717, 1.165) is 0 Å². The molecule has 0 radical (unpaired) electrons. The molecule has 9 heteroatoms. The Labute approximate surface area is 153 Å². The van der Waals surface area contributed by atoms with Crippen molar-refractivity contribution in [3.8, 4) is 11.6 Å². The normalized spacial score (nSPS) is 18.6. The number of pyridine rings is 1. The molecule has 1 atom stereocenters. The summed E-state index contributed by atoms with van der Waals surface area (Å²) < 4.78 is 37.9. The standard InChI is InChI=1S/C18H19F2N3O4/c1-9(2)27-14-6-12-10(5-13(14)15(21)24)3-4-22-16(12)26-8-11-7-18(19,20)17(25)23-11/h3-6,9,11H,7-8H2,1-2H3,(H2,21,24)(H,23,25)/t11-/m0/s1. The van der Waals surface area contributed by atoms with Crippen LogP contribution in [0.4, 0.5) is 8.78 Å². The summed E-state index contributed by atoms with van der Waals surface area (Å²) in [5.41, 5.74) is 5.64. The van der Waals surface area contributed by atoms with Gasteiger partial charge >= 0.3 is 5.92 Å². The molecule has 1 aliphatic heterocycles. The van der Waals surface area contributed by atoms with Crippen LogP contribution in [0.2, 0.25) is 0 Å². The number of fused-ring (bicyclic) bond motifs is 1. The van der Waals surface area contributed by atoms with E-state index in [2.05, 4.69) is 10.3 Å². The van der Waals surface area contributed by atoms with Crippen LogP contribution in [-0.2, 0) is 4.79 Å². The van der Waals surface area contributed by atoms with E-state index in [1.54, 1.807) is 32.0 Å². The maximum Gasteiger partial charge on any atom is 0.326 e. The highest BCUT2D eigenvalue weighted by Gasteiger charge is 2.48. The number of benzene rings is 1. The zero-order valence-electron chi connectivity index (χ0n) is 14.8. The first-order valence-electron chi connectivity index (χ1n) is 8.38. The van der Waals surface area contributed by atoms with Gasteiger partial charge in [-0.3, -0.25) is 9.59 Å². The fraction of sp³-hybridized carbons (Fsp3) is 0.389. The van der Waals surface area contributed by atoms with Gasteiger partial charge in [-0.05, 0) is 37.4 Å². The van der Waals surface area contributed by atoms with Gasteiger partial charge in [-0.2, -0.15) is 8.78 Å². The van der Waals surface area contributed by atoms with E-state index in [0.29, 0.717) is 10.8 Å². The summed E-state index contributed by atoms with van der Waals surface area (Å²) in [6.07, 6.45) is 0.634. The first-order valence-corrected chi connectivity index (χ1v) is 8.38. The molecular formula is C18H19F2N3O4. The lowest BCUT2D eigenvalue weighted by atomic mass is 10.1. The number of hydrogen-bond acceptors (Lipinski definition) is 5. The number of nitrogens with two attached hydrogens (primary N) is 1. The molecule has 2 amide bonds. The summed E-state index contributed by atoms with van der Waals surface area (Å²) in [6, 6.07) is 4.00. The van der Waals surface area contributed by atoms with Gasteiger partial charge in [0.15, 0.2) is 0 Å². The Morgan fingerprint density at radius 1 is 1.44 bits per heavy atom. The van der Waals surface area contributed by atoms with Gasteiger partial charge in [0.05, 0.1) is 17.7 Å². The smallest absolute Gasteiger partial charge is 0.326 e. The van der Waals surface area contributed by atoms with Crippen LogP contribution in [0.1, 0.15) is 30.6 Å². The summed E-state index contributed by atoms with van der Waals surface area (Å²) in [6.45, 7) is 3.45. The lowest BCUT2D eigenvalue weighted by Gasteiger charge is -2.16. The number of hydrogen-bond donors (Lipinski definition) is 2. The molecule has 0 saturated carbocycles. The lowest BCUT2D eigenvalue weighted by Crippen LogP contribution is -2.33. The fourth-order valence-corrected chi connectivity index (χ4v) is 2.86. The number of ether oxygens (including phenoxy) is 2. The van der Waals surface area contributed by atoms with E-state index in [1.807, 2.05) is 0 Å². The summed E-state index contributed by atoms with van der Waals surface area (Å²) >= 11 is 0. The molecule has 27 heavy (non-hydrogen) atoms. The molecule has 1 saturated heterocycles. The molecule has 0 spiro atoms. The average molecular weight is 379 g/mol. The predicted molar refractivity (Wildman–Crippen MR) is 93.0 cm³/mol. The van der Waals surface area contributed by atoms with Gasteiger partial charge in [-0.1, -0.05) is 0 Å². The van der Waals surface area contributed by atoms with Gasteiger partial charge in [-0.15, -0.1) is 0 Å². The second-order valence-corrected chi connectivity index (χ2v) is 6.61. The first-order chi connectivity index (χ1) is 12.7. The molecule has 1 aliphatic rings. The summed E-state index contributed by atoms with van der Waals surface area (Å²) in [4.78, 5) is 27.0. The highest BCUT2D eigenvalue weighted by Crippen LogP contribution is 2.32. The quantitative estimate of drug-likeness (QED) is 0.799. The highest BCUT2D eigenvalue weighted by molar-refractivity contribution is 6.01. The fourth-order valence-electron chi connectivity index (χ4n) is 2.86. The van der Waals surface area contributed by atoms with Crippen molar-refractivity contribution in [3.05, 3.63) is 30.0 Å². The largest absolute Gasteiger partial charge is 0.490 e. The van der Waals surface area contributed by atoms with Crippen LogP contribution in [-0.4, -0.2) is 41.5 Å². The molecule has 3 N–H and O–H groups in total. The maximum absolute atomic E-state index is 13.3. The molecule has 144 valence electrons. The molecule has 0 bridgehead atoms. The average Bonchev–Trinajstić information content (AvgIpc) is 2.84.